The van der Waals surface area contributed by atoms with Crippen LogP contribution in [0.25, 0.3) is 12.2 Å². The molecule has 38 heavy (non-hydrogen) atoms. The van der Waals surface area contributed by atoms with Crippen molar-refractivity contribution in [2.45, 2.75) is 31.7 Å². The number of ether oxygens (including phenoxy) is 4. The van der Waals surface area contributed by atoms with E-state index in [4.69, 9.17) is 19.3 Å². The molecule has 0 fully saturated rings. The first-order valence-electron chi connectivity index (χ1n) is 12.6. The molecule has 4 rings (SSSR count). The Morgan fingerprint density at radius 3 is 1.76 bits per heavy atom. The molecule has 10 heteroatoms. The second-order valence-electron chi connectivity index (χ2n) is 9.36. The average molecular weight is 524 g/mol. The standard InChI is InChI=1S/C28H33N3O7/c1-27(19-21-7-3-5-9-23(21)29-27)37-15-13-31(12-11-25(32)35-17-18-36-26(33)34)14-16-38-28(2)20-22-8-4-6-10-24(22)30-28/h3-10,19-20H,11-18H2,1-2H3,(H,33,34). The molecule has 0 aromatic heterocycles. The minimum absolute atomic E-state index is 0.121. The van der Waals surface area contributed by atoms with E-state index in [1.807, 2.05) is 74.5 Å². The smallest absolute Gasteiger partial charge is 0.462 e. The van der Waals surface area contributed by atoms with Gasteiger partial charge in [0.15, 0.2) is 11.4 Å². The van der Waals surface area contributed by atoms with Gasteiger partial charge in [-0.3, -0.25) is 9.69 Å². The number of carbonyl (C=O) groups excluding carboxylic acids is 1. The maximum absolute atomic E-state index is 12.2. The minimum atomic E-state index is -1.40. The fourth-order valence-electron chi connectivity index (χ4n) is 4.39. The van der Waals surface area contributed by atoms with Gasteiger partial charge in [-0.15, -0.1) is 0 Å². The number of hydrogen-bond donors (Lipinski definition) is 1. The molecule has 10 nitrogen and oxygen atoms in total. The Bertz CT molecular complexity index is 1230. The highest BCUT2D eigenvalue weighted by Gasteiger charge is 2.26. The van der Waals surface area contributed by atoms with Gasteiger partial charge in [-0.25, -0.2) is 14.8 Å². The normalized spacial score (nSPS) is 20.9. The molecule has 2 atom stereocenters. The number of esters is 1. The first kappa shape index (κ1) is 27.4. The highest BCUT2D eigenvalue weighted by atomic mass is 16.7. The van der Waals surface area contributed by atoms with E-state index in [0.29, 0.717) is 32.8 Å². The summed E-state index contributed by atoms with van der Waals surface area (Å²) in [6, 6.07) is 15.8. The molecule has 2 aromatic carbocycles. The van der Waals surface area contributed by atoms with Crippen LogP contribution in [0.3, 0.4) is 0 Å². The fraction of sp³-hybridized carbons (Fsp3) is 0.429. The van der Waals surface area contributed by atoms with Gasteiger partial charge in [0.2, 0.25) is 0 Å². The maximum Gasteiger partial charge on any atom is 0.505 e. The number of nitrogens with zero attached hydrogens (tertiary/aromatic N) is 3. The van der Waals surface area contributed by atoms with Crippen LogP contribution in [0.5, 0.6) is 0 Å². The largest absolute Gasteiger partial charge is 0.505 e. The Morgan fingerprint density at radius 1 is 0.763 bits per heavy atom. The Morgan fingerprint density at radius 2 is 1.26 bits per heavy atom. The number of hydrogen-bond acceptors (Lipinski definition) is 9. The van der Waals surface area contributed by atoms with Gasteiger partial charge in [0, 0.05) is 30.1 Å². The van der Waals surface area contributed by atoms with Crippen molar-refractivity contribution in [2.24, 2.45) is 9.98 Å². The predicted molar refractivity (Wildman–Crippen MR) is 138 cm³/mol. The molecule has 2 aliphatic heterocycles. The molecule has 1 N–H and O–H groups in total. The molecular formula is C28H33N3O7. The summed E-state index contributed by atoms with van der Waals surface area (Å²) in [6.45, 7) is 5.83. The van der Waals surface area contributed by atoms with Crippen molar-refractivity contribution in [2.75, 3.05) is 46.1 Å². The molecule has 2 aromatic rings. The fourth-order valence-corrected chi connectivity index (χ4v) is 4.39. The molecular weight excluding hydrogens is 490 g/mol. The third-order valence-electron chi connectivity index (χ3n) is 6.21. The number of para-hydroxylation sites is 2. The summed E-state index contributed by atoms with van der Waals surface area (Å²) in [7, 11) is 0. The summed E-state index contributed by atoms with van der Waals surface area (Å²) < 4.78 is 21.7. The molecule has 0 saturated carbocycles. The van der Waals surface area contributed by atoms with E-state index in [-0.39, 0.29) is 19.6 Å². The lowest BCUT2D eigenvalue weighted by Gasteiger charge is -2.27. The molecule has 0 aliphatic carbocycles. The van der Waals surface area contributed by atoms with Crippen LogP contribution in [0, 0.1) is 0 Å². The van der Waals surface area contributed by atoms with Gasteiger partial charge in [-0.1, -0.05) is 36.4 Å². The Balaban J connectivity index is 1.29. The molecule has 0 bridgehead atoms. The summed E-state index contributed by atoms with van der Waals surface area (Å²) in [6.07, 6.45) is 2.73. The summed E-state index contributed by atoms with van der Waals surface area (Å²) in [4.78, 5) is 34.0. The lowest BCUT2D eigenvalue weighted by molar-refractivity contribution is -0.145. The third-order valence-corrected chi connectivity index (χ3v) is 6.21. The van der Waals surface area contributed by atoms with E-state index < -0.39 is 23.6 Å². The van der Waals surface area contributed by atoms with Crippen molar-refractivity contribution in [3.63, 3.8) is 0 Å². The lowest BCUT2D eigenvalue weighted by Crippen LogP contribution is -2.37. The first-order valence-corrected chi connectivity index (χ1v) is 12.6. The molecule has 0 amide bonds. The van der Waals surface area contributed by atoms with Crippen LogP contribution < -0.4 is 21.2 Å². The van der Waals surface area contributed by atoms with Crippen LogP contribution >= 0.6 is 0 Å². The number of fused-ring (bicyclic) bond motifs is 2. The lowest BCUT2D eigenvalue weighted by atomic mass is 10.2. The van der Waals surface area contributed by atoms with Crippen LogP contribution in [0.2, 0.25) is 0 Å². The van der Waals surface area contributed by atoms with E-state index in [1.165, 1.54) is 0 Å². The van der Waals surface area contributed by atoms with Crippen LogP contribution in [-0.2, 0) is 23.7 Å². The van der Waals surface area contributed by atoms with Crippen molar-refractivity contribution in [1.82, 2.24) is 4.90 Å². The molecule has 0 spiro atoms. The summed E-state index contributed by atoms with van der Waals surface area (Å²) in [5.74, 6) is -0.436. The van der Waals surface area contributed by atoms with Crippen LogP contribution in [0.15, 0.2) is 58.5 Å². The summed E-state index contributed by atoms with van der Waals surface area (Å²) in [5.41, 5.74) is -1.49. The molecule has 2 aliphatic rings. The van der Waals surface area contributed by atoms with E-state index >= 15 is 0 Å². The highest BCUT2D eigenvalue weighted by Crippen LogP contribution is 2.17. The van der Waals surface area contributed by atoms with Crippen molar-refractivity contribution in [3.8, 4) is 0 Å². The quantitative estimate of drug-likeness (QED) is 0.283. The van der Waals surface area contributed by atoms with Gasteiger partial charge in [0.25, 0.3) is 0 Å². The van der Waals surface area contributed by atoms with E-state index in [1.54, 1.807) is 0 Å². The second-order valence-corrected chi connectivity index (χ2v) is 9.36. The number of carboxylic acid groups (broad SMARTS) is 1. The molecule has 202 valence electrons. The van der Waals surface area contributed by atoms with Gasteiger partial charge in [-0.05, 0) is 38.1 Å². The van der Waals surface area contributed by atoms with Crippen molar-refractivity contribution in [1.29, 1.82) is 0 Å². The number of carbonyl (C=O) groups is 2. The summed E-state index contributed by atoms with van der Waals surface area (Å²) >= 11 is 0. The number of rotatable bonds is 14. The highest BCUT2D eigenvalue weighted by molar-refractivity contribution is 5.69. The number of benzene rings is 2. The Hall–Kier alpha value is -3.60. The van der Waals surface area contributed by atoms with Gasteiger partial charge in [-0.2, -0.15) is 0 Å². The van der Waals surface area contributed by atoms with Gasteiger partial charge in [0.05, 0.1) is 30.3 Å². The monoisotopic (exact) mass is 523 g/mol. The SMILES string of the molecule is CC1(OCCN(CCOC2(C)C=c3ccccc3=N2)CCC(=O)OCCOC(=O)O)C=c2ccccc2=N1. The van der Waals surface area contributed by atoms with Gasteiger partial charge in [0.1, 0.15) is 13.2 Å². The van der Waals surface area contributed by atoms with Crippen molar-refractivity contribution < 1.29 is 33.6 Å². The first-order chi connectivity index (χ1) is 18.2. The summed E-state index contributed by atoms with van der Waals surface area (Å²) in [5, 5.41) is 12.4. The van der Waals surface area contributed by atoms with Crippen LogP contribution in [-0.4, -0.2) is 79.6 Å². The van der Waals surface area contributed by atoms with Gasteiger partial charge >= 0.3 is 12.1 Å². The topological polar surface area (TPSA) is 119 Å². The van der Waals surface area contributed by atoms with E-state index in [2.05, 4.69) is 19.6 Å². The zero-order chi connectivity index (χ0) is 27.0. The molecule has 2 unspecified atom stereocenters. The van der Waals surface area contributed by atoms with Crippen LogP contribution in [0.1, 0.15) is 20.3 Å². The Kier molecular flexibility index (Phi) is 8.88. The third kappa shape index (κ3) is 7.70. The minimum Gasteiger partial charge on any atom is -0.462 e. The van der Waals surface area contributed by atoms with Crippen molar-refractivity contribution >= 4 is 24.3 Å². The zero-order valence-corrected chi connectivity index (χ0v) is 21.7. The Labute approximate surface area is 220 Å². The van der Waals surface area contributed by atoms with Crippen molar-refractivity contribution in [3.05, 3.63) is 69.7 Å². The second kappa shape index (κ2) is 12.3. The molecule has 0 saturated heterocycles. The molecule has 0 radical (unpaired) electrons. The molecule has 2 heterocycles. The van der Waals surface area contributed by atoms with Crippen LogP contribution in [0.4, 0.5) is 4.79 Å². The zero-order valence-electron chi connectivity index (χ0n) is 21.7. The van der Waals surface area contributed by atoms with E-state index in [9.17, 15) is 9.59 Å². The maximum atomic E-state index is 12.2. The van der Waals surface area contributed by atoms with Gasteiger partial charge < -0.3 is 24.1 Å². The average Bonchev–Trinajstić information content (AvgIpc) is 3.40. The van der Waals surface area contributed by atoms with E-state index in [0.717, 1.165) is 21.2 Å². The predicted octanol–water partition coefficient (Wildman–Crippen LogP) is 0.610.